The van der Waals surface area contributed by atoms with Crippen molar-refractivity contribution < 1.29 is 9.53 Å². The molecule has 6 heteroatoms. The van der Waals surface area contributed by atoms with E-state index in [1.807, 2.05) is 37.2 Å². The molecule has 0 bridgehead atoms. The number of amides is 1. The van der Waals surface area contributed by atoms with Crippen LogP contribution in [-0.4, -0.2) is 26.6 Å². The van der Waals surface area contributed by atoms with Crippen LogP contribution in [-0.2, 0) is 4.79 Å². The lowest BCUT2D eigenvalue weighted by atomic mass is 10.2. The van der Waals surface area contributed by atoms with Gasteiger partial charge in [-0.1, -0.05) is 33.6 Å². The van der Waals surface area contributed by atoms with Crippen molar-refractivity contribution in [1.29, 1.82) is 0 Å². The van der Waals surface area contributed by atoms with Crippen molar-refractivity contribution in [2.24, 2.45) is 0 Å². The van der Waals surface area contributed by atoms with Crippen molar-refractivity contribution in [1.82, 2.24) is 0 Å². The van der Waals surface area contributed by atoms with Gasteiger partial charge in [0.2, 0.25) is 0 Å². The molecule has 1 amide bonds. The molecule has 2 rings (SSSR count). The fraction of sp³-hybridized carbons (Fsp3) is 0.188. The number of anilines is 2. The Balaban J connectivity index is 2.01. The van der Waals surface area contributed by atoms with Crippen LogP contribution in [0.3, 0.4) is 0 Å². The van der Waals surface area contributed by atoms with Crippen molar-refractivity contribution in [2.45, 2.75) is 0 Å². The van der Waals surface area contributed by atoms with Gasteiger partial charge in [-0.05, 0) is 36.4 Å². The van der Waals surface area contributed by atoms with Gasteiger partial charge in [0.05, 0.1) is 11.4 Å². The van der Waals surface area contributed by atoms with E-state index < -0.39 is 0 Å². The molecule has 4 nitrogen and oxygen atoms in total. The van der Waals surface area contributed by atoms with Gasteiger partial charge in [-0.2, -0.15) is 0 Å². The van der Waals surface area contributed by atoms with Gasteiger partial charge in [0.25, 0.3) is 5.91 Å². The first kappa shape index (κ1) is 16.6. The van der Waals surface area contributed by atoms with Crippen molar-refractivity contribution in [3.05, 3.63) is 52.0 Å². The van der Waals surface area contributed by atoms with E-state index in [2.05, 4.69) is 21.2 Å². The third-order valence-corrected chi connectivity index (χ3v) is 3.61. The van der Waals surface area contributed by atoms with Crippen LogP contribution in [0.1, 0.15) is 0 Å². The van der Waals surface area contributed by atoms with Gasteiger partial charge in [-0.15, -0.1) is 0 Å². The molecule has 0 aromatic heterocycles. The van der Waals surface area contributed by atoms with Crippen LogP contribution in [0.2, 0.25) is 5.02 Å². The molecule has 2 aromatic carbocycles. The number of carbonyl (C=O) groups excluding carboxylic acids is 1. The minimum atomic E-state index is -0.245. The molecule has 0 spiro atoms. The van der Waals surface area contributed by atoms with Crippen LogP contribution in [0.4, 0.5) is 11.4 Å². The van der Waals surface area contributed by atoms with Crippen molar-refractivity contribution >= 4 is 44.8 Å². The Bertz CT molecular complexity index is 677. The molecular weight excluding hydrogens is 368 g/mol. The summed E-state index contributed by atoms with van der Waals surface area (Å²) in [6.45, 7) is -0.0736. The van der Waals surface area contributed by atoms with Gasteiger partial charge in [0, 0.05) is 23.6 Å². The molecule has 1 N–H and O–H groups in total. The fourth-order valence-electron chi connectivity index (χ4n) is 1.89. The molecule has 0 atom stereocenters. The third kappa shape index (κ3) is 4.64. The normalized spacial score (nSPS) is 10.2. The van der Waals surface area contributed by atoms with Crippen LogP contribution in [0.5, 0.6) is 5.75 Å². The molecule has 0 aliphatic rings. The largest absolute Gasteiger partial charge is 0.484 e. The molecule has 0 aliphatic carbocycles. The number of benzene rings is 2. The lowest BCUT2D eigenvalue weighted by Crippen LogP contribution is -2.22. The standard InChI is InChI=1S/C16H16BrClN2O2/c1-20(2)15-7-6-12(18)9-14(15)19-16(21)10-22-13-5-3-4-11(17)8-13/h3-9H,10H2,1-2H3,(H,19,21). The Morgan fingerprint density at radius 3 is 2.73 bits per heavy atom. The van der Waals surface area contributed by atoms with Crippen LogP contribution in [0, 0.1) is 0 Å². The van der Waals surface area contributed by atoms with Gasteiger partial charge in [0.1, 0.15) is 5.75 Å². The van der Waals surface area contributed by atoms with E-state index in [9.17, 15) is 4.79 Å². The number of carbonyl (C=O) groups is 1. The van der Waals surface area contributed by atoms with E-state index in [1.165, 1.54) is 0 Å². The zero-order chi connectivity index (χ0) is 16.1. The molecule has 0 heterocycles. The number of hydrogen-bond acceptors (Lipinski definition) is 3. The van der Waals surface area contributed by atoms with E-state index in [1.54, 1.807) is 24.3 Å². The third-order valence-electron chi connectivity index (χ3n) is 2.88. The SMILES string of the molecule is CN(C)c1ccc(Cl)cc1NC(=O)COc1cccc(Br)c1. The fourth-order valence-corrected chi connectivity index (χ4v) is 2.44. The smallest absolute Gasteiger partial charge is 0.262 e. The predicted octanol–water partition coefficient (Wildman–Crippen LogP) is 4.19. The van der Waals surface area contributed by atoms with E-state index in [4.69, 9.17) is 16.3 Å². The molecule has 22 heavy (non-hydrogen) atoms. The molecule has 0 unspecified atom stereocenters. The summed E-state index contributed by atoms with van der Waals surface area (Å²) < 4.78 is 6.36. The molecule has 0 fully saturated rings. The summed E-state index contributed by atoms with van der Waals surface area (Å²) in [4.78, 5) is 14.0. The monoisotopic (exact) mass is 382 g/mol. The Hall–Kier alpha value is -1.72. The average molecular weight is 384 g/mol. The van der Waals surface area contributed by atoms with Crippen LogP contribution in [0.25, 0.3) is 0 Å². The Kier molecular flexibility index (Phi) is 5.69. The molecule has 0 radical (unpaired) electrons. The summed E-state index contributed by atoms with van der Waals surface area (Å²) in [6, 6.07) is 12.7. The Morgan fingerprint density at radius 1 is 1.27 bits per heavy atom. The highest BCUT2D eigenvalue weighted by Gasteiger charge is 2.10. The second-order valence-corrected chi connectivity index (χ2v) is 6.20. The highest BCUT2D eigenvalue weighted by molar-refractivity contribution is 9.10. The van der Waals surface area contributed by atoms with E-state index in [0.717, 1.165) is 10.2 Å². The lowest BCUT2D eigenvalue weighted by Gasteiger charge is -2.18. The predicted molar refractivity (Wildman–Crippen MR) is 94.0 cm³/mol. The summed E-state index contributed by atoms with van der Waals surface area (Å²) in [5.74, 6) is 0.383. The summed E-state index contributed by atoms with van der Waals surface area (Å²) in [5.41, 5.74) is 1.53. The highest BCUT2D eigenvalue weighted by Crippen LogP contribution is 2.27. The lowest BCUT2D eigenvalue weighted by molar-refractivity contribution is -0.118. The van der Waals surface area contributed by atoms with Gasteiger partial charge in [0.15, 0.2) is 6.61 Å². The molecular formula is C16H16BrClN2O2. The van der Waals surface area contributed by atoms with E-state index in [-0.39, 0.29) is 12.5 Å². The first-order valence-corrected chi connectivity index (χ1v) is 7.78. The Morgan fingerprint density at radius 2 is 2.05 bits per heavy atom. The van der Waals surface area contributed by atoms with Gasteiger partial charge in [-0.3, -0.25) is 4.79 Å². The van der Waals surface area contributed by atoms with Crippen molar-refractivity contribution in [3.8, 4) is 5.75 Å². The first-order chi connectivity index (χ1) is 10.5. The highest BCUT2D eigenvalue weighted by atomic mass is 79.9. The van der Waals surface area contributed by atoms with Gasteiger partial charge in [-0.25, -0.2) is 0 Å². The second kappa shape index (κ2) is 7.51. The minimum Gasteiger partial charge on any atom is -0.484 e. The summed E-state index contributed by atoms with van der Waals surface area (Å²) in [5, 5.41) is 3.38. The van der Waals surface area contributed by atoms with Gasteiger partial charge < -0.3 is 15.0 Å². The maximum atomic E-state index is 12.0. The first-order valence-electron chi connectivity index (χ1n) is 6.61. The number of rotatable bonds is 5. The number of hydrogen-bond donors (Lipinski definition) is 1. The average Bonchev–Trinajstić information content (AvgIpc) is 2.45. The van der Waals surface area contributed by atoms with E-state index >= 15 is 0 Å². The molecule has 0 aliphatic heterocycles. The molecule has 2 aromatic rings. The van der Waals surface area contributed by atoms with Crippen LogP contribution < -0.4 is 15.0 Å². The maximum Gasteiger partial charge on any atom is 0.262 e. The molecule has 0 saturated heterocycles. The van der Waals surface area contributed by atoms with Crippen LogP contribution >= 0.6 is 27.5 Å². The topological polar surface area (TPSA) is 41.6 Å². The number of nitrogens with zero attached hydrogens (tertiary/aromatic N) is 1. The summed E-state index contributed by atoms with van der Waals surface area (Å²) in [6.07, 6.45) is 0. The maximum absolute atomic E-state index is 12.0. The summed E-state index contributed by atoms with van der Waals surface area (Å²) >= 11 is 9.34. The van der Waals surface area contributed by atoms with Crippen LogP contribution in [0.15, 0.2) is 46.9 Å². The number of nitrogens with one attached hydrogen (secondary N) is 1. The minimum absolute atomic E-state index is 0.0736. The van der Waals surface area contributed by atoms with E-state index in [0.29, 0.717) is 16.5 Å². The Labute approximate surface area is 143 Å². The quantitative estimate of drug-likeness (QED) is 0.842. The summed E-state index contributed by atoms with van der Waals surface area (Å²) in [7, 11) is 3.80. The zero-order valence-corrected chi connectivity index (χ0v) is 14.6. The number of halogens is 2. The van der Waals surface area contributed by atoms with Gasteiger partial charge >= 0.3 is 0 Å². The molecule has 116 valence electrons. The van der Waals surface area contributed by atoms with Crippen molar-refractivity contribution in [2.75, 3.05) is 30.9 Å². The molecule has 0 saturated carbocycles. The zero-order valence-electron chi connectivity index (χ0n) is 12.3. The van der Waals surface area contributed by atoms with Crippen molar-refractivity contribution in [3.63, 3.8) is 0 Å². The second-order valence-electron chi connectivity index (χ2n) is 4.85. The number of ether oxygens (including phenoxy) is 1.